The molecule has 1 fully saturated rings. The van der Waals surface area contributed by atoms with Crippen molar-refractivity contribution >= 4 is 40.4 Å². The molecule has 0 spiro atoms. The van der Waals surface area contributed by atoms with Gasteiger partial charge < -0.3 is 32.0 Å². The molecule has 49 heavy (non-hydrogen) atoms. The number of aromatic amines is 1. The summed E-state index contributed by atoms with van der Waals surface area (Å²) >= 11 is 0. The van der Waals surface area contributed by atoms with Gasteiger partial charge in [0.2, 0.25) is 29.5 Å². The van der Waals surface area contributed by atoms with Gasteiger partial charge in [-0.15, -0.1) is 0 Å². The summed E-state index contributed by atoms with van der Waals surface area (Å²) in [6.45, 7) is 2.80. The van der Waals surface area contributed by atoms with Gasteiger partial charge in [-0.1, -0.05) is 102 Å². The number of nitrogens with one attached hydrogen (secondary N) is 5. The molecule has 1 aromatic heterocycles. The molecule has 272 valence electrons. The molecule has 7 N–H and O–H groups in total. The normalized spacial score (nSPS) is 16.6. The van der Waals surface area contributed by atoms with Crippen LogP contribution in [0, 0.1) is 0 Å². The van der Waals surface area contributed by atoms with Crippen LogP contribution in [-0.4, -0.2) is 59.2 Å². The third-order valence-electron chi connectivity index (χ3n) is 9.45. The lowest BCUT2D eigenvalue weighted by Crippen LogP contribution is -2.61. The van der Waals surface area contributed by atoms with Crippen molar-refractivity contribution in [3.63, 3.8) is 0 Å². The molecule has 0 saturated carbocycles. The topological polar surface area (TPSA) is 175 Å². The standard InChI is InChI=1S/C38H60N6O5/c1-2-3-4-5-6-7-8-9-10-11-12-13-14-22-34(45)40-25-18-17-21-31-37(48)44-32(38(49)43-31)23-24-35(46)42-33(36(39)47)26-28-27-41-30-20-16-15-19-29(28)30/h15-16,19-20,27,31-33,41H,2-14,17-18,21-26H2,1H3,(H2,39,47)(H,40,45)(H,42,46)(H,43,49)(H,44,48)/t31-,32-,33-/m0/s1. The van der Waals surface area contributed by atoms with Gasteiger partial charge >= 0.3 is 0 Å². The van der Waals surface area contributed by atoms with E-state index in [-0.39, 0.29) is 37.0 Å². The summed E-state index contributed by atoms with van der Waals surface area (Å²) in [5, 5.41) is 12.1. The number of primary amides is 1. The molecule has 2 heterocycles. The monoisotopic (exact) mass is 680 g/mol. The number of unbranched alkanes of at least 4 members (excludes halogenated alkanes) is 13. The van der Waals surface area contributed by atoms with Crippen molar-refractivity contribution in [1.82, 2.24) is 26.3 Å². The molecule has 0 radical (unpaired) electrons. The van der Waals surface area contributed by atoms with Gasteiger partial charge in [-0.05, 0) is 43.7 Å². The van der Waals surface area contributed by atoms with E-state index in [9.17, 15) is 24.0 Å². The molecule has 1 aromatic carbocycles. The highest BCUT2D eigenvalue weighted by Crippen LogP contribution is 2.19. The minimum absolute atomic E-state index is 0.0558. The second kappa shape index (κ2) is 22.7. The van der Waals surface area contributed by atoms with Gasteiger partial charge in [-0.2, -0.15) is 0 Å². The summed E-state index contributed by atoms with van der Waals surface area (Å²) in [5.41, 5.74) is 7.35. The average Bonchev–Trinajstić information content (AvgIpc) is 3.49. The molecule has 2 aromatic rings. The predicted molar refractivity (Wildman–Crippen MR) is 193 cm³/mol. The van der Waals surface area contributed by atoms with Crippen LogP contribution < -0.4 is 27.0 Å². The average molecular weight is 681 g/mol. The molecule has 1 aliphatic heterocycles. The van der Waals surface area contributed by atoms with Gasteiger partial charge in [0.15, 0.2) is 0 Å². The minimum Gasteiger partial charge on any atom is -0.368 e. The number of hydrogen-bond donors (Lipinski definition) is 6. The van der Waals surface area contributed by atoms with Crippen molar-refractivity contribution in [2.45, 2.75) is 153 Å². The van der Waals surface area contributed by atoms with E-state index in [1.54, 1.807) is 6.20 Å². The Balaban J connectivity index is 1.20. The fraction of sp³-hybridized carbons (Fsp3) is 0.658. The molecule has 1 aliphatic rings. The Kier molecular flexibility index (Phi) is 18.3. The lowest BCUT2D eigenvalue weighted by atomic mass is 10.0. The number of rotatable bonds is 26. The maximum Gasteiger partial charge on any atom is 0.243 e. The number of benzene rings is 1. The highest BCUT2D eigenvalue weighted by atomic mass is 16.2. The van der Waals surface area contributed by atoms with E-state index in [1.807, 2.05) is 24.3 Å². The number of carbonyl (C=O) groups excluding carboxylic acids is 5. The Morgan fingerprint density at radius 1 is 0.735 bits per heavy atom. The molecule has 0 unspecified atom stereocenters. The summed E-state index contributed by atoms with van der Waals surface area (Å²) in [7, 11) is 0. The lowest BCUT2D eigenvalue weighted by Gasteiger charge is -2.29. The lowest BCUT2D eigenvalue weighted by molar-refractivity contribution is -0.137. The van der Waals surface area contributed by atoms with Gasteiger partial charge in [0.05, 0.1) is 0 Å². The second-order valence-electron chi connectivity index (χ2n) is 13.6. The van der Waals surface area contributed by atoms with E-state index in [0.717, 1.165) is 29.3 Å². The van der Waals surface area contributed by atoms with E-state index >= 15 is 0 Å². The number of para-hydroxylation sites is 1. The van der Waals surface area contributed by atoms with E-state index in [4.69, 9.17) is 5.73 Å². The van der Waals surface area contributed by atoms with E-state index in [0.29, 0.717) is 32.2 Å². The summed E-state index contributed by atoms with van der Waals surface area (Å²) in [5.74, 6) is -1.64. The van der Waals surface area contributed by atoms with Crippen molar-refractivity contribution in [2.24, 2.45) is 5.73 Å². The van der Waals surface area contributed by atoms with Crippen molar-refractivity contribution in [2.75, 3.05) is 6.54 Å². The SMILES string of the molecule is CCCCCCCCCCCCCCCC(=O)NCCCC[C@@H]1NC(=O)[C@H](CCC(=O)N[C@@H](Cc2c[nH]c3ccccc23)C(N)=O)NC1=O. The van der Waals surface area contributed by atoms with Crippen molar-refractivity contribution < 1.29 is 24.0 Å². The van der Waals surface area contributed by atoms with Crippen LogP contribution in [0.25, 0.3) is 10.9 Å². The maximum atomic E-state index is 12.7. The van der Waals surface area contributed by atoms with Crippen LogP contribution in [0.2, 0.25) is 0 Å². The quantitative estimate of drug-likeness (QED) is 0.0747. The molecule has 0 bridgehead atoms. The summed E-state index contributed by atoms with van der Waals surface area (Å²) in [4.78, 5) is 65.4. The first-order valence-electron chi connectivity index (χ1n) is 18.8. The van der Waals surface area contributed by atoms with Crippen LogP contribution in [0.3, 0.4) is 0 Å². The number of aromatic nitrogens is 1. The highest BCUT2D eigenvalue weighted by Gasteiger charge is 2.33. The van der Waals surface area contributed by atoms with E-state index in [1.165, 1.54) is 70.6 Å². The third-order valence-corrected chi connectivity index (χ3v) is 9.45. The smallest absolute Gasteiger partial charge is 0.243 e. The zero-order chi connectivity index (χ0) is 35.3. The van der Waals surface area contributed by atoms with Crippen LogP contribution in [-0.2, 0) is 30.4 Å². The molecule has 11 heteroatoms. The zero-order valence-electron chi connectivity index (χ0n) is 29.6. The molecule has 3 rings (SSSR count). The third kappa shape index (κ3) is 15.0. The second-order valence-corrected chi connectivity index (χ2v) is 13.6. The summed E-state index contributed by atoms with van der Waals surface area (Å²) in [6.07, 6.45) is 21.1. The van der Waals surface area contributed by atoms with Gasteiger partial charge in [0.25, 0.3) is 0 Å². The number of nitrogens with two attached hydrogens (primary N) is 1. The first kappa shape index (κ1) is 39.5. The largest absolute Gasteiger partial charge is 0.368 e. The molecular formula is C38H60N6O5. The number of hydrogen-bond acceptors (Lipinski definition) is 5. The van der Waals surface area contributed by atoms with Crippen LogP contribution >= 0.6 is 0 Å². The van der Waals surface area contributed by atoms with Crippen LogP contribution in [0.5, 0.6) is 0 Å². The Labute approximate surface area is 292 Å². The fourth-order valence-corrected chi connectivity index (χ4v) is 6.46. The fourth-order valence-electron chi connectivity index (χ4n) is 6.46. The summed E-state index contributed by atoms with van der Waals surface area (Å²) < 4.78 is 0. The van der Waals surface area contributed by atoms with Crippen LogP contribution in [0.1, 0.15) is 134 Å². The minimum atomic E-state index is -0.908. The number of H-pyrrole nitrogens is 1. The van der Waals surface area contributed by atoms with E-state index < -0.39 is 29.9 Å². The molecule has 1 saturated heterocycles. The van der Waals surface area contributed by atoms with Gasteiger partial charge in [0.1, 0.15) is 18.1 Å². The predicted octanol–water partition coefficient (Wildman–Crippen LogP) is 5.21. The van der Waals surface area contributed by atoms with E-state index in [2.05, 4.69) is 33.2 Å². The van der Waals surface area contributed by atoms with Gasteiger partial charge in [0, 0.05) is 42.9 Å². The van der Waals surface area contributed by atoms with Crippen molar-refractivity contribution in [3.05, 3.63) is 36.0 Å². The molecule has 5 amide bonds. The highest BCUT2D eigenvalue weighted by molar-refractivity contribution is 5.97. The van der Waals surface area contributed by atoms with Crippen LogP contribution in [0.15, 0.2) is 30.5 Å². The number of carbonyl (C=O) groups is 5. The number of fused-ring (bicyclic) bond motifs is 1. The maximum absolute atomic E-state index is 12.7. The van der Waals surface area contributed by atoms with Gasteiger partial charge in [-0.25, -0.2) is 0 Å². The molecule has 3 atom stereocenters. The van der Waals surface area contributed by atoms with Gasteiger partial charge in [-0.3, -0.25) is 24.0 Å². The summed E-state index contributed by atoms with van der Waals surface area (Å²) in [6, 6.07) is 5.27. The Bertz CT molecular complexity index is 1330. The zero-order valence-corrected chi connectivity index (χ0v) is 29.6. The molecule has 11 nitrogen and oxygen atoms in total. The number of amides is 5. The molecule has 0 aliphatic carbocycles. The van der Waals surface area contributed by atoms with Crippen molar-refractivity contribution in [1.29, 1.82) is 0 Å². The number of piperazine rings is 1. The Morgan fingerprint density at radius 2 is 1.33 bits per heavy atom. The Hall–Kier alpha value is -3.89. The van der Waals surface area contributed by atoms with Crippen LogP contribution in [0.4, 0.5) is 0 Å². The Morgan fingerprint density at radius 3 is 1.96 bits per heavy atom. The molecular weight excluding hydrogens is 620 g/mol. The van der Waals surface area contributed by atoms with Crippen molar-refractivity contribution in [3.8, 4) is 0 Å². The first-order chi connectivity index (χ1) is 23.8. The first-order valence-corrected chi connectivity index (χ1v) is 18.8.